The number of aromatic nitrogens is 1. The van der Waals surface area contributed by atoms with E-state index >= 15 is 0 Å². The fourth-order valence-electron chi connectivity index (χ4n) is 2.55. The number of hydrogen-bond acceptors (Lipinski definition) is 7. The number of rotatable bonds is 9. The van der Waals surface area contributed by atoms with Crippen molar-refractivity contribution < 1.29 is 22.4 Å². The molecule has 8 nitrogen and oxygen atoms in total. The summed E-state index contributed by atoms with van der Waals surface area (Å²) in [5.41, 5.74) is 1.46. The molecule has 0 saturated heterocycles. The third kappa shape index (κ3) is 5.78. The third-order valence-electron chi connectivity index (χ3n) is 4.15. The molecule has 0 atom stereocenters. The average Bonchev–Trinajstić information content (AvgIpc) is 3.36. The second-order valence-electron chi connectivity index (χ2n) is 6.27. The van der Waals surface area contributed by atoms with E-state index in [9.17, 15) is 18.0 Å². The maximum absolute atomic E-state index is 12.3. The van der Waals surface area contributed by atoms with Crippen molar-refractivity contribution in [3.63, 3.8) is 0 Å². The molecule has 3 aromatic rings. The topological polar surface area (TPSA) is 108 Å². The van der Waals surface area contributed by atoms with Crippen molar-refractivity contribution in [2.45, 2.75) is 24.9 Å². The van der Waals surface area contributed by atoms with Crippen molar-refractivity contribution in [3.8, 4) is 0 Å². The van der Waals surface area contributed by atoms with Gasteiger partial charge in [0.05, 0.1) is 24.2 Å². The summed E-state index contributed by atoms with van der Waals surface area (Å²) in [6.45, 7) is 2.25. The Morgan fingerprint density at radius 1 is 1.27 bits per heavy atom. The van der Waals surface area contributed by atoms with E-state index in [-0.39, 0.29) is 22.9 Å². The van der Waals surface area contributed by atoms with Crippen LogP contribution in [-0.2, 0) is 32.6 Å². The van der Waals surface area contributed by atoms with Crippen molar-refractivity contribution in [1.82, 2.24) is 9.29 Å². The number of esters is 1. The minimum atomic E-state index is -3.68. The Morgan fingerprint density at radius 3 is 2.67 bits per heavy atom. The largest absolute Gasteiger partial charge is 0.468 e. The van der Waals surface area contributed by atoms with E-state index in [1.807, 2.05) is 6.92 Å². The van der Waals surface area contributed by atoms with Gasteiger partial charge in [0, 0.05) is 17.2 Å². The first-order chi connectivity index (χ1) is 14.3. The summed E-state index contributed by atoms with van der Waals surface area (Å²) in [7, 11) is -3.68. The number of carbonyl (C=O) groups is 1. The second-order valence-corrected chi connectivity index (χ2v) is 8.86. The quantitative estimate of drug-likeness (QED) is 0.398. The van der Waals surface area contributed by atoms with Crippen LogP contribution in [0, 0.1) is 6.92 Å². The number of carbonyl (C=O) groups excluding carboxylic acids is 1. The first kappa shape index (κ1) is 21.8. The molecular formula is C20H20N2O6S2. The molecular weight excluding hydrogens is 428 g/mol. The lowest BCUT2D eigenvalue weighted by molar-refractivity contribution is -0.137. The highest BCUT2D eigenvalue weighted by Gasteiger charge is 2.14. The van der Waals surface area contributed by atoms with Gasteiger partial charge in [-0.25, -0.2) is 17.9 Å². The number of aryl methyl sites for hydroxylation is 1. The van der Waals surface area contributed by atoms with Gasteiger partial charge in [-0.15, -0.1) is 0 Å². The Hall–Kier alpha value is -2.95. The van der Waals surface area contributed by atoms with E-state index in [2.05, 4.69) is 4.72 Å². The molecule has 0 aliphatic rings. The van der Waals surface area contributed by atoms with E-state index in [0.717, 1.165) is 17.0 Å². The SMILES string of the molecule is Cc1csc(=O)n1CCOC(=O)/C=C/c1ccc(S(=O)(=O)NCc2ccco2)cc1. The molecule has 0 unspecified atom stereocenters. The number of ether oxygens (including phenoxy) is 1. The predicted molar refractivity (Wildman–Crippen MR) is 112 cm³/mol. The first-order valence-electron chi connectivity index (χ1n) is 8.97. The van der Waals surface area contributed by atoms with Crippen molar-refractivity contribution in [2.24, 2.45) is 0 Å². The normalized spacial score (nSPS) is 11.8. The highest BCUT2D eigenvalue weighted by atomic mass is 32.2. The lowest BCUT2D eigenvalue weighted by atomic mass is 10.2. The van der Waals surface area contributed by atoms with Gasteiger partial charge >= 0.3 is 10.8 Å². The van der Waals surface area contributed by atoms with Gasteiger partial charge in [-0.1, -0.05) is 23.5 Å². The third-order valence-corrected chi connectivity index (χ3v) is 6.45. The van der Waals surface area contributed by atoms with E-state index in [4.69, 9.17) is 9.15 Å². The molecule has 10 heteroatoms. The molecule has 1 N–H and O–H groups in total. The maximum atomic E-state index is 12.3. The molecule has 0 aliphatic carbocycles. The number of thiazole rings is 1. The number of nitrogens with one attached hydrogen (secondary N) is 1. The lowest BCUT2D eigenvalue weighted by Gasteiger charge is -2.06. The molecule has 0 radical (unpaired) electrons. The van der Waals surface area contributed by atoms with Gasteiger partial charge < -0.3 is 9.15 Å². The minimum absolute atomic E-state index is 0.0554. The van der Waals surface area contributed by atoms with Crippen LogP contribution in [-0.4, -0.2) is 25.6 Å². The van der Waals surface area contributed by atoms with Crippen LogP contribution in [0.4, 0.5) is 0 Å². The molecule has 2 aromatic heterocycles. The minimum Gasteiger partial charge on any atom is -0.468 e. The smallest absolute Gasteiger partial charge is 0.330 e. The standard InChI is InChI=1S/C20H20N2O6S2/c1-15-14-29-20(24)22(15)10-12-28-19(23)9-6-16-4-7-18(8-5-16)30(25,26)21-13-17-3-2-11-27-17/h2-9,11,14,21H,10,12-13H2,1H3/b9-6+. The van der Waals surface area contributed by atoms with Crippen LogP contribution in [0.3, 0.4) is 0 Å². The fourth-order valence-corrected chi connectivity index (χ4v) is 4.30. The van der Waals surface area contributed by atoms with E-state index < -0.39 is 16.0 Å². The van der Waals surface area contributed by atoms with Gasteiger partial charge in [-0.3, -0.25) is 9.36 Å². The van der Waals surface area contributed by atoms with Crippen molar-refractivity contribution in [1.29, 1.82) is 0 Å². The van der Waals surface area contributed by atoms with Gasteiger partial charge in [-0.05, 0) is 42.8 Å². The molecule has 2 heterocycles. The van der Waals surface area contributed by atoms with Crippen LogP contribution >= 0.6 is 11.3 Å². The molecule has 3 rings (SSSR count). The van der Waals surface area contributed by atoms with E-state index in [1.54, 1.807) is 34.2 Å². The second kappa shape index (κ2) is 9.70. The number of furan rings is 1. The summed E-state index contributed by atoms with van der Waals surface area (Å²) < 4.78 is 38.8. The maximum Gasteiger partial charge on any atom is 0.330 e. The van der Waals surface area contributed by atoms with Crippen LogP contribution in [0.2, 0.25) is 0 Å². The van der Waals surface area contributed by atoms with Crippen molar-refractivity contribution in [3.05, 3.63) is 80.8 Å². The van der Waals surface area contributed by atoms with Crippen LogP contribution in [0.15, 0.2) is 68.2 Å². The molecule has 0 bridgehead atoms. The average molecular weight is 449 g/mol. The lowest BCUT2D eigenvalue weighted by Crippen LogP contribution is -2.22. The van der Waals surface area contributed by atoms with Crippen LogP contribution in [0.5, 0.6) is 0 Å². The van der Waals surface area contributed by atoms with Crippen molar-refractivity contribution in [2.75, 3.05) is 6.61 Å². The van der Waals surface area contributed by atoms with Crippen LogP contribution < -0.4 is 9.60 Å². The number of benzene rings is 1. The zero-order valence-corrected chi connectivity index (χ0v) is 17.7. The Balaban J connectivity index is 1.51. The Kier molecular flexibility index (Phi) is 7.03. The van der Waals surface area contributed by atoms with Gasteiger partial charge in [-0.2, -0.15) is 0 Å². The highest BCUT2D eigenvalue weighted by molar-refractivity contribution is 7.89. The van der Waals surface area contributed by atoms with Crippen molar-refractivity contribution >= 4 is 33.4 Å². The molecule has 0 spiro atoms. The molecule has 0 aliphatic heterocycles. The molecule has 1 aromatic carbocycles. The summed E-state index contributed by atoms with van der Waals surface area (Å²) in [5, 5.41) is 1.75. The molecule has 0 fully saturated rings. The summed E-state index contributed by atoms with van der Waals surface area (Å²) in [5.74, 6) is -0.0385. The Bertz CT molecular complexity index is 1170. The molecule has 0 saturated carbocycles. The predicted octanol–water partition coefficient (Wildman–Crippen LogP) is 2.55. The summed E-state index contributed by atoms with van der Waals surface area (Å²) in [6, 6.07) is 9.41. The summed E-state index contributed by atoms with van der Waals surface area (Å²) >= 11 is 1.10. The number of nitrogens with zero attached hydrogens (tertiary/aromatic N) is 1. The Labute approximate surface area is 177 Å². The van der Waals surface area contributed by atoms with Crippen LogP contribution in [0.1, 0.15) is 17.0 Å². The fraction of sp³-hybridized carbons (Fsp3) is 0.200. The van der Waals surface area contributed by atoms with E-state index in [1.165, 1.54) is 30.5 Å². The van der Waals surface area contributed by atoms with Gasteiger partial charge in [0.25, 0.3) is 0 Å². The number of hydrogen-bond donors (Lipinski definition) is 1. The highest BCUT2D eigenvalue weighted by Crippen LogP contribution is 2.13. The summed E-state index contributed by atoms with van der Waals surface area (Å²) in [6.07, 6.45) is 4.25. The molecule has 0 amide bonds. The van der Waals surface area contributed by atoms with E-state index in [0.29, 0.717) is 17.9 Å². The van der Waals surface area contributed by atoms with Gasteiger partial charge in [0.15, 0.2) is 0 Å². The Morgan fingerprint density at radius 2 is 2.03 bits per heavy atom. The number of sulfonamides is 1. The zero-order chi connectivity index (χ0) is 21.6. The van der Waals surface area contributed by atoms with Gasteiger partial charge in [0.1, 0.15) is 12.4 Å². The molecule has 30 heavy (non-hydrogen) atoms. The monoisotopic (exact) mass is 448 g/mol. The van der Waals surface area contributed by atoms with Crippen LogP contribution in [0.25, 0.3) is 6.08 Å². The van der Waals surface area contributed by atoms with Gasteiger partial charge in [0.2, 0.25) is 10.0 Å². The summed E-state index contributed by atoms with van der Waals surface area (Å²) in [4.78, 5) is 23.4. The molecule has 158 valence electrons. The first-order valence-corrected chi connectivity index (χ1v) is 11.3. The zero-order valence-electron chi connectivity index (χ0n) is 16.1.